The fraction of sp³-hybridized carbons (Fsp3) is 0.188. The molecule has 1 amide bonds. The Kier molecular flexibility index (Phi) is 5.84. The molecule has 0 aliphatic rings. The molecule has 5 heteroatoms. The summed E-state index contributed by atoms with van der Waals surface area (Å²) in [4.78, 5) is 11.2. The maximum absolute atomic E-state index is 11.2. The van der Waals surface area contributed by atoms with Crippen molar-refractivity contribution in [3.05, 3.63) is 54.4 Å². The molecule has 0 fully saturated rings. The number of carbonyl (C=O) groups is 1. The van der Waals surface area contributed by atoms with E-state index in [-0.39, 0.29) is 6.61 Å². The maximum atomic E-state index is 11.2. The van der Waals surface area contributed by atoms with Gasteiger partial charge >= 0.3 is 6.09 Å². The van der Waals surface area contributed by atoms with Crippen LogP contribution in [0.3, 0.4) is 0 Å². The Balaban J connectivity index is 1.74. The molecule has 4 nitrogen and oxygen atoms in total. The summed E-state index contributed by atoms with van der Waals surface area (Å²) in [5.74, 6) is 0. The van der Waals surface area contributed by atoms with Crippen LogP contribution >= 0.6 is 11.3 Å². The van der Waals surface area contributed by atoms with Gasteiger partial charge in [-0.3, -0.25) is 0 Å². The summed E-state index contributed by atoms with van der Waals surface area (Å²) in [5, 5.41) is 5.48. The average molecular weight is 303 g/mol. The van der Waals surface area contributed by atoms with Crippen molar-refractivity contribution in [2.24, 2.45) is 0 Å². The molecule has 1 aromatic carbocycles. The number of thiophene rings is 1. The lowest BCUT2D eigenvalue weighted by molar-refractivity contribution is 0.156. The second-order valence-electron chi connectivity index (χ2n) is 4.18. The van der Waals surface area contributed by atoms with Gasteiger partial charge in [-0.1, -0.05) is 43.0 Å². The zero-order valence-corrected chi connectivity index (χ0v) is 12.4. The Morgan fingerprint density at radius 2 is 2.10 bits per heavy atom. The van der Waals surface area contributed by atoms with E-state index in [1.165, 1.54) is 17.4 Å². The van der Waals surface area contributed by atoms with E-state index in [0.717, 1.165) is 16.2 Å². The molecule has 0 unspecified atom stereocenters. The predicted molar refractivity (Wildman–Crippen MR) is 84.8 cm³/mol. The van der Waals surface area contributed by atoms with Gasteiger partial charge in [-0.05, 0) is 17.2 Å². The van der Waals surface area contributed by atoms with Gasteiger partial charge in [0.05, 0.1) is 6.54 Å². The van der Waals surface area contributed by atoms with E-state index in [1.54, 1.807) is 0 Å². The van der Waals surface area contributed by atoms with Crippen LogP contribution in [0, 0.1) is 0 Å². The topological polar surface area (TPSA) is 47.6 Å². The summed E-state index contributed by atoms with van der Waals surface area (Å²) >= 11 is 1.54. The molecule has 0 aliphatic carbocycles. The third-order valence-corrected chi connectivity index (χ3v) is 3.47. The molecule has 110 valence electrons. The van der Waals surface area contributed by atoms with Crippen molar-refractivity contribution in [1.82, 2.24) is 5.32 Å². The van der Waals surface area contributed by atoms with Crippen LogP contribution in [-0.2, 0) is 4.74 Å². The van der Waals surface area contributed by atoms with Crippen LogP contribution in [0.2, 0.25) is 0 Å². The molecule has 1 N–H and O–H groups in total. The van der Waals surface area contributed by atoms with Gasteiger partial charge in [-0.15, -0.1) is 11.3 Å². The number of hydrogen-bond donors (Lipinski definition) is 1. The van der Waals surface area contributed by atoms with Gasteiger partial charge in [0.25, 0.3) is 0 Å². The minimum Gasteiger partial charge on any atom is -0.482 e. The molecule has 0 saturated heterocycles. The van der Waals surface area contributed by atoms with Crippen LogP contribution in [0.15, 0.2) is 54.4 Å². The maximum Gasteiger partial charge on any atom is 0.407 e. The average Bonchev–Trinajstić information content (AvgIpc) is 2.99. The first-order valence-corrected chi connectivity index (χ1v) is 7.46. The van der Waals surface area contributed by atoms with Crippen molar-refractivity contribution in [2.45, 2.75) is 0 Å². The standard InChI is InChI=1S/C16H17NO3S/c1-2-9-20-16(18)17-8-10-19-15-11-14(12-21-15)13-6-4-3-5-7-13/h2-7,11-12H,1,8-10H2,(H,17,18). The highest BCUT2D eigenvalue weighted by Crippen LogP contribution is 2.30. The smallest absolute Gasteiger partial charge is 0.407 e. The summed E-state index contributed by atoms with van der Waals surface area (Å²) in [6.07, 6.45) is 1.06. The molecular weight excluding hydrogens is 286 g/mol. The van der Waals surface area contributed by atoms with Crippen molar-refractivity contribution < 1.29 is 14.3 Å². The number of nitrogens with one attached hydrogen (secondary N) is 1. The van der Waals surface area contributed by atoms with E-state index in [2.05, 4.69) is 29.4 Å². The summed E-state index contributed by atoms with van der Waals surface area (Å²) in [6.45, 7) is 4.47. The van der Waals surface area contributed by atoms with Crippen LogP contribution in [0.5, 0.6) is 5.06 Å². The van der Waals surface area contributed by atoms with Gasteiger partial charge < -0.3 is 14.8 Å². The van der Waals surface area contributed by atoms with Crippen molar-refractivity contribution in [2.75, 3.05) is 19.8 Å². The lowest BCUT2D eigenvalue weighted by Gasteiger charge is -2.05. The molecule has 2 aromatic rings. The summed E-state index contributed by atoms with van der Waals surface area (Å²) in [6, 6.07) is 12.1. The highest BCUT2D eigenvalue weighted by atomic mass is 32.1. The molecule has 2 rings (SSSR count). The van der Waals surface area contributed by atoms with Crippen LogP contribution in [0.25, 0.3) is 11.1 Å². The number of carbonyl (C=O) groups excluding carboxylic acids is 1. The predicted octanol–water partition coefficient (Wildman–Crippen LogP) is 3.71. The van der Waals surface area contributed by atoms with Crippen molar-refractivity contribution in [3.63, 3.8) is 0 Å². The second-order valence-corrected chi connectivity index (χ2v) is 5.06. The van der Waals surface area contributed by atoms with Crippen molar-refractivity contribution in [3.8, 4) is 16.2 Å². The Morgan fingerprint density at radius 3 is 2.86 bits per heavy atom. The van der Waals surface area contributed by atoms with Gasteiger partial charge in [0.15, 0.2) is 5.06 Å². The Bertz CT molecular complexity index is 580. The normalized spacial score (nSPS) is 9.90. The monoisotopic (exact) mass is 303 g/mol. The van der Waals surface area contributed by atoms with E-state index < -0.39 is 6.09 Å². The highest BCUT2D eigenvalue weighted by Gasteiger charge is 2.04. The van der Waals surface area contributed by atoms with Gasteiger partial charge in [-0.2, -0.15) is 0 Å². The molecule has 21 heavy (non-hydrogen) atoms. The fourth-order valence-electron chi connectivity index (χ4n) is 1.66. The van der Waals surface area contributed by atoms with Crippen molar-refractivity contribution >= 4 is 17.4 Å². The molecule has 1 aromatic heterocycles. The third-order valence-electron chi connectivity index (χ3n) is 2.63. The summed E-state index contributed by atoms with van der Waals surface area (Å²) < 4.78 is 10.4. The second kappa shape index (κ2) is 8.11. The van der Waals surface area contributed by atoms with Crippen LogP contribution < -0.4 is 10.1 Å². The lowest BCUT2D eigenvalue weighted by Crippen LogP contribution is -2.28. The summed E-state index contributed by atoms with van der Waals surface area (Å²) in [5.41, 5.74) is 2.30. The molecule has 1 heterocycles. The Labute approximate surface area is 128 Å². The van der Waals surface area contributed by atoms with Gasteiger partial charge in [0.2, 0.25) is 0 Å². The fourth-order valence-corrected chi connectivity index (χ4v) is 2.46. The zero-order valence-electron chi connectivity index (χ0n) is 11.6. The van der Waals surface area contributed by atoms with Crippen molar-refractivity contribution in [1.29, 1.82) is 0 Å². The van der Waals surface area contributed by atoms with Crippen LogP contribution in [0.4, 0.5) is 4.79 Å². The van der Waals surface area contributed by atoms with E-state index in [9.17, 15) is 4.79 Å². The number of hydrogen-bond acceptors (Lipinski definition) is 4. The number of ether oxygens (including phenoxy) is 2. The number of amides is 1. The third kappa shape index (κ3) is 4.96. The first-order chi connectivity index (χ1) is 10.3. The van der Waals surface area contributed by atoms with E-state index >= 15 is 0 Å². The van der Waals surface area contributed by atoms with Gasteiger partial charge in [0.1, 0.15) is 13.2 Å². The van der Waals surface area contributed by atoms with Gasteiger partial charge in [-0.25, -0.2) is 4.79 Å². The Hall–Kier alpha value is -2.27. The first kappa shape index (κ1) is 15.1. The molecule has 0 bridgehead atoms. The molecule has 0 spiro atoms. The van der Waals surface area contributed by atoms with Crippen LogP contribution in [0.1, 0.15) is 0 Å². The highest BCUT2D eigenvalue weighted by molar-refractivity contribution is 7.12. The minimum atomic E-state index is -0.463. The zero-order chi connectivity index (χ0) is 14.9. The lowest BCUT2D eigenvalue weighted by atomic mass is 10.1. The SMILES string of the molecule is C=CCOC(=O)NCCOc1cc(-c2ccccc2)cs1. The first-order valence-electron chi connectivity index (χ1n) is 6.58. The van der Waals surface area contributed by atoms with Gasteiger partial charge in [0, 0.05) is 5.38 Å². The van der Waals surface area contributed by atoms with Crippen LogP contribution in [-0.4, -0.2) is 25.9 Å². The molecule has 0 aliphatic heterocycles. The number of alkyl carbamates (subject to hydrolysis) is 1. The minimum absolute atomic E-state index is 0.206. The number of rotatable bonds is 7. The molecular formula is C16H17NO3S. The van der Waals surface area contributed by atoms with E-state index in [1.807, 2.05) is 24.3 Å². The van der Waals surface area contributed by atoms with E-state index in [0.29, 0.717) is 13.2 Å². The molecule has 0 saturated carbocycles. The van der Waals surface area contributed by atoms with E-state index in [4.69, 9.17) is 9.47 Å². The Morgan fingerprint density at radius 1 is 1.29 bits per heavy atom. The molecule has 0 atom stereocenters. The molecule has 0 radical (unpaired) electrons. The largest absolute Gasteiger partial charge is 0.482 e. The number of benzene rings is 1. The quantitative estimate of drug-likeness (QED) is 0.626. The summed E-state index contributed by atoms with van der Waals surface area (Å²) in [7, 11) is 0.